The Morgan fingerprint density at radius 3 is 2.67 bits per heavy atom. The van der Waals surface area contributed by atoms with Crippen LogP contribution in [0.1, 0.15) is 30.0 Å². The molecule has 0 spiro atoms. The van der Waals surface area contributed by atoms with E-state index in [1.165, 1.54) is 6.20 Å². The average Bonchev–Trinajstić information content (AvgIpc) is 2.95. The van der Waals surface area contributed by atoms with Gasteiger partial charge in [0.25, 0.3) is 5.91 Å². The Balaban J connectivity index is 1.75. The third kappa shape index (κ3) is 4.25. The number of aromatic nitrogens is 3. The maximum Gasteiger partial charge on any atom is 0.253 e. The summed E-state index contributed by atoms with van der Waals surface area (Å²) in [7, 11) is 1.88. The zero-order valence-electron chi connectivity index (χ0n) is 15.3. The van der Waals surface area contributed by atoms with Crippen molar-refractivity contribution in [2.24, 2.45) is 13.0 Å². The summed E-state index contributed by atoms with van der Waals surface area (Å²) in [6, 6.07) is 8.74. The highest BCUT2D eigenvalue weighted by molar-refractivity contribution is 6.29. The fraction of sp³-hybridized carbons (Fsp3) is 0.263. The number of aryl methyl sites for hydroxylation is 1. The van der Waals surface area contributed by atoms with E-state index >= 15 is 0 Å². The number of carbonyl (C=O) groups excluding carboxylic acids is 2. The molecule has 0 aliphatic heterocycles. The van der Waals surface area contributed by atoms with Crippen LogP contribution in [0.2, 0.25) is 5.15 Å². The smallest absolute Gasteiger partial charge is 0.253 e. The number of nitrogens with zero attached hydrogens (tertiary/aromatic N) is 3. The van der Waals surface area contributed by atoms with Crippen molar-refractivity contribution in [3.8, 4) is 0 Å². The van der Waals surface area contributed by atoms with Crippen LogP contribution in [-0.4, -0.2) is 26.3 Å². The first kappa shape index (κ1) is 18.8. The second-order valence-electron chi connectivity index (χ2n) is 6.49. The van der Waals surface area contributed by atoms with Crippen molar-refractivity contribution in [2.45, 2.75) is 20.4 Å². The molecular formula is C19H20ClN5O2. The average molecular weight is 386 g/mol. The van der Waals surface area contributed by atoms with Crippen molar-refractivity contribution in [2.75, 3.05) is 5.32 Å². The predicted octanol–water partition coefficient (Wildman–Crippen LogP) is 3.15. The third-order valence-corrected chi connectivity index (χ3v) is 4.39. The summed E-state index contributed by atoms with van der Waals surface area (Å²) in [5.41, 5.74) is 2.78. The Bertz CT molecular complexity index is 995. The number of fused-ring (bicyclic) bond motifs is 1. The van der Waals surface area contributed by atoms with Crippen LogP contribution in [0.5, 0.6) is 0 Å². The summed E-state index contributed by atoms with van der Waals surface area (Å²) in [5.74, 6) is 0.301. The number of hydrogen-bond donors (Lipinski definition) is 2. The topological polar surface area (TPSA) is 88.9 Å². The van der Waals surface area contributed by atoms with Gasteiger partial charge in [-0.2, -0.15) is 0 Å². The molecule has 2 heterocycles. The van der Waals surface area contributed by atoms with Gasteiger partial charge in [-0.05, 0) is 30.3 Å². The van der Waals surface area contributed by atoms with Crippen LogP contribution >= 0.6 is 11.6 Å². The summed E-state index contributed by atoms with van der Waals surface area (Å²) in [6.45, 7) is 3.94. The predicted molar refractivity (Wildman–Crippen MR) is 105 cm³/mol. The Hall–Kier alpha value is -2.93. The summed E-state index contributed by atoms with van der Waals surface area (Å²) in [5, 5.41) is 6.02. The van der Waals surface area contributed by atoms with Crippen molar-refractivity contribution in [1.29, 1.82) is 0 Å². The maximum absolute atomic E-state index is 12.2. The molecule has 3 rings (SSSR count). The molecule has 140 valence electrons. The van der Waals surface area contributed by atoms with Gasteiger partial charge in [0.15, 0.2) is 0 Å². The van der Waals surface area contributed by atoms with Crippen molar-refractivity contribution in [3.63, 3.8) is 0 Å². The molecule has 3 aromatic rings. The van der Waals surface area contributed by atoms with E-state index in [9.17, 15) is 9.59 Å². The van der Waals surface area contributed by atoms with E-state index in [2.05, 4.69) is 20.6 Å². The highest BCUT2D eigenvalue weighted by Crippen LogP contribution is 2.20. The fourth-order valence-electron chi connectivity index (χ4n) is 2.54. The van der Waals surface area contributed by atoms with Crippen molar-refractivity contribution >= 4 is 40.1 Å². The largest absolute Gasteiger partial charge is 0.345 e. The van der Waals surface area contributed by atoms with Gasteiger partial charge in [-0.1, -0.05) is 25.4 Å². The molecule has 0 saturated heterocycles. The number of halogens is 1. The molecular weight excluding hydrogens is 366 g/mol. The summed E-state index contributed by atoms with van der Waals surface area (Å²) >= 11 is 5.73. The summed E-state index contributed by atoms with van der Waals surface area (Å²) < 4.78 is 1.91. The Labute approximate surface area is 161 Å². The number of imidazole rings is 1. The number of hydrogen-bond acceptors (Lipinski definition) is 4. The van der Waals surface area contributed by atoms with Crippen LogP contribution in [0.3, 0.4) is 0 Å². The Morgan fingerprint density at radius 2 is 2.00 bits per heavy atom. The van der Waals surface area contributed by atoms with E-state index in [0.717, 1.165) is 11.0 Å². The zero-order valence-corrected chi connectivity index (χ0v) is 16.0. The van der Waals surface area contributed by atoms with Gasteiger partial charge in [0.05, 0.1) is 23.1 Å². The lowest BCUT2D eigenvalue weighted by Crippen LogP contribution is -2.24. The van der Waals surface area contributed by atoms with Crippen molar-refractivity contribution in [1.82, 2.24) is 19.9 Å². The molecule has 0 fully saturated rings. The number of anilines is 1. The van der Waals surface area contributed by atoms with Gasteiger partial charge < -0.3 is 15.2 Å². The molecule has 8 heteroatoms. The first-order chi connectivity index (χ1) is 12.8. The van der Waals surface area contributed by atoms with Crippen LogP contribution in [0.15, 0.2) is 36.5 Å². The molecule has 0 aliphatic rings. The van der Waals surface area contributed by atoms with Gasteiger partial charge in [-0.15, -0.1) is 0 Å². The number of carbonyl (C=O) groups is 2. The molecule has 0 atom stereocenters. The van der Waals surface area contributed by atoms with Gasteiger partial charge in [0, 0.05) is 24.8 Å². The van der Waals surface area contributed by atoms with Crippen LogP contribution in [-0.2, 0) is 18.4 Å². The summed E-state index contributed by atoms with van der Waals surface area (Å²) in [6.07, 6.45) is 1.43. The normalized spacial score (nSPS) is 11.0. The first-order valence-electron chi connectivity index (χ1n) is 8.51. The third-order valence-electron chi connectivity index (χ3n) is 4.16. The van der Waals surface area contributed by atoms with E-state index in [1.54, 1.807) is 12.1 Å². The number of benzene rings is 1. The van der Waals surface area contributed by atoms with Crippen LogP contribution < -0.4 is 10.6 Å². The zero-order chi connectivity index (χ0) is 19.6. The molecule has 27 heavy (non-hydrogen) atoms. The first-order valence-corrected chi connectivity index (χ1v) is 8.89. The quantitative estimate of drug-likeness (QED) is 0.660. The molecule has 0 saturated carbocycles. The monoisotopic (exact) mass is 385 g/mol. The molecule has 1 aromatic carbocycles. The Morgan fingerprint density at radius 1 is 1.22 bits per heavy atom. The number of pyridine rings is 1. The number of rotatable bonds is 5. The highest BCUT2D eigenvalue weighted by atomic mass is 35.5. The second kappa shape index (κ2) is 7.75. The van der Waals surface area contributed by atoms with E-state index in [-0.39, 0.29) is 24.3 Å². The molecule has 0 bridgehead atoms. The molecule has 7 nitrogen and oxygen atoms in total. The van der Waals surface area contributed by atoms with E-state index < -0.39 is 0 Å². The highest BCUT2D eigenvalue weighted by Gasteiger charge is 2.13. The lowest BCUT2D eigenvalue weighted by molar-refractivity contribution is -0.118. The van der Waals surface area contributed by atoms with Gasteiger partial charge in [-0.25, -0.2) is 9.97 Å². The van der Waals surface area contributed by atoms with Crippen LogP contribution in [0.4, 0.5) is 5.69 Å². The minimum absolute atomic E-state index is 0.0469. The van der Waals surface area contributed by atoms with Gasteiger partial charge in [0.1, 0.15) is 11.0 Å². The van der Waals surface area contributed by atoms with E-state index in [4.69, 9.17) is 11.6 Å². The van der Waals surface area contributed by atoms with Crippen molar-refractivity contribution in [3.05, 3.63) is 53.1 Å². The molecule has 2 amide bonds. The van der Waals surface area contributed by atoms with Crippen LogP contribution in [0.25, 0.3) is 11.0 Å². The minimum Gasteiger partial charge on any atom is -0.345 e. The molecule has 2 N–H and O–H groups in total. The second-order valence-corrected chi connectivity index (χ2v) is 6.87. The lowest BCUT2D eigenvalue weighted by Gasteiger charge is -2.07. The minimum atomic E-state index is -0.254. The molecule has 0 radical (unpaired) electrons. The SMILES string of the molecule is CC(C)C(=O)Nc1ccc2c(c1)nc(CNC(=O)c1ccc(Cl)nc1)n2C. The van der Waals surface area contributed by atoms with Gasteiger partial charge in [-0.3, -0.25) is 9.59 Å². The molecule has 2 aromatic heterocycles. The summed E-state index contributed by atoms with van der Waals surface area (Å²) in [4.78, 5) is 32.5. The standard InChI is InChI=1S/C19H20ClN5O2/c1-11(2)18(26)23-13-5-6-15-14(8-13)24-17(25(15)3)10-22-19(27)12-4-7-16(20)21-9-12/h4-9,11H,10H2,1-3H3,(H,22,27)(H,23,26). The van der Waals surface area contributed by atoms with Gasteiger partial charge >= 0.3 is 0 Å². The fourth-order valence-corrected chi connectivity index (χ4v) is 2.66. The molecule has 0 aliphatic carbocycles. The lowest BCUT2D eigenvalue weighted by atomic mass is 10.2. The van der Waals surface area contributed by atoms with Crippen LogP contribution in [0, 0.1) is 5.92 Å². The van der Waals surface area contributed by atoms with Crippen molar-refractivity contribution < 1.29 is 9.59 Å². The number of nitrogens with one attached hydrogen (secondary N) is 2. The molecule has 0 unspecified atom stereocenters. The van der Waals surface area contributed by atoms with E-state index in [1.807, 2.05) is 43.7 Å². The van der Waals surface area contributed by atoms with E-state index in [0.29, 0.717) is 22.2 Å². The number of amides is 2. The Kier molecular flexibility index (Phi) is 5.41. The maximum atomic E-state index is 12.2. The van der Waals surface area contributed by atoms with Gasteiger partial charge in [0.2, 0.25) is 5.91 Å².